The second kappa shape index (κ2) is 12.3. The van der Waals surface area contributed by atoms with Crippen molar-refractivity contribution in [3.8, 4) is 0 Å². The Morgan fingerprint density at radius 3 is 2.15 bits per heavy atom. The molecule has 0 saturated carbocycles. The molecule has 0 aliphatic carbocycles. The minimum atomic E-state index is -4.13. The van der Waals surface area contributed by atoms with Crippen LogP contribution in [-0.2, 0) is 29.4 Å². The van der Waals surface area contributed by atoms with E-state index in [0.717, 1.165) is 0 Å². The molecule has 0 radical (unpaired) electrons. The molecule has 1 aliphatic rings. The lowest BCUT2D eigenvalue weighted by atomic mass is 10.2. The Morgan fingerprint density at radius 2 is 1.46 bits per heavy atom. The Morgan fingerprint density at radius 1 is 0.821 bits per heavy atom. The van der Waals surface area contributed by atoms with Crippen LogP contribution in [0.3, 0.4) is 0 Å². The number of sulfone groups is 1. The molecule has 0 atom stereocenters. The van der Waals surface area contributed by atoms with Crippen LogP contribution < -0.4 is 14.9 Å². The lowest BCUT2D eigenvalue weighted by molar-refractivity contribution is -0.115. The largest absolute Gasteiger partial charge is 0.378 e. The monoisotopic (exact) mass is 631 g/mol. The van der Waals surface area contributed by atoms with E-state index in [4.69, 9.17) is 39.5 Å². The van der Waals surface area contributed by atoms with E-state index in [1.807, 2.05) is 4.90 Å². The third-order valence-corrected chi connectivity index (χ3v) is 9.76. The molecule has 1 heterocycles. The highest BCUT2D eigenvalue weighted by Gasteiger charge is 2.23. The lowest BCUT2D eigenvalue weighted by Crippen LogP contribution is -2.37. The van der Waals surface area contributed by atoms with Crippen molar-refractivity contribution in [3.05, 3.63) is 75.7 Å². The number of anilines is 3. The summed E-state index contributed by atoms with van der Waals surface area (Å²) in [6.45, 7) is 1.97. The van der Waals surface area contributed by atoms with Crippen LogP contribution in [-0.4, -0.2) is 54.8 Å². The van der Waals surface area contributed by atoms with Gasteiger partial charge >= 0.3 is 0 Å². The maximum atomic E-state index is 13.2. The van der Waals surface area contributed by atoms with Gasteiger partial charge in [-0.15, -0.1) is 0 Å². The molecule has 3 aromatic rings. The number of hydrogen-bond acceptors (Lipinski definition) is 7. The van der Waals surface area contributed by atoms with Gasteiger partial charge in [0.25, 0.3) is 10.0 Å². The first kappa shape index (κ1) is 29.4. The van der Waals surface area contributed by atoms with E-state index in [9.17, 15) is 21.6 Å². The van der Waals surface area contributed by atoms with Crippen LogP contribution in [0.5, 0.6) is 0 Å². The molecule has 1 fully saturated rings. The number of sulfonamides is 1. The van der Waals surface area contributed by atoms with Gasteiger partial charge in [0, 0.05) is 29.6 Å². The van der Waals surface area contributed by atoms with Gasteiger partial charge < -0.3 is 15.0 Å². The molecule has 0 spiro atoms. The van der Waals surface area contributed by atoms with Crippen LogP contribution in [0.2, 0.25) is 15.1 Å². The zero-order valence-electron chi connectivity index (χ0n) is 20.4. The molecule has 0 unspecified atom stereocenters. The fraction of sp³-hybridized carbons (Fsp3) is 0.240. The Kier molecular flexibility index (Phi) is 9.30. The summed E-state index contributed by atoms with van der Waals surface area (Å²) in [7, 11) is -7.87. The Bertz CT molecular complexity index is 1580. The number of ether oxygens (including phenoxy) is 1. The maximum Gasteiger partial charge on any atom is 0.262 e. The highest BCUT2D eigenvalue weighted by Crippen LogP contribution is 2.32. The lowest BCUT2D eigenvalue weighted by Gasteiger charge is -2.30. The zero-order valence-corrected chi connectivity index (χ0v) is 24.3. The summed E-state index contributed by atoms with van der Waals surface area (Å²) in [5.41, 5.74) is 0.886. The predicted molar refractivity (Wildman–Crippen MR) is 153 cm³/mol. The summed E-state index contributed by atoms with van der Waals surface area (Å²) in [6, 6.07) is 14.3. The summed E-state index contributed by atoms with van der Waals surface area (Å²) >= 11 is 17.9. The number of rotatable bonds is 9. The molecule has 4 rings (SSSR count). The van der Waals surface area contributed by atoms with Gasteiger partial charge in [-0.05, 0) is 60.7 Å². The zero-order chi connectivity index (χ0) is 28.2. The van der Waals surface area contributed by atoms with Crippen LogP contribution in [0.4, 0.5) is 17.1 Å². The fourth-order valence-corrected chi connectivity index (χ4v) is 6.70. The number of carbonyl (C=O) groups is 1. The molecule has 14 heteroatoms. The van der Waals surface area contributed by atoms with Gasteiger partial charge in [-0.25, -0.2) is 16.8 Å². The van der Waals surface area contributed by atoms with Gasteiger partial charge in [0.2, 0.25) is 5.91 Å². The van der Waals surface area contributed by atoms with Crippen molar-refractivity contribution in [2.24, 2.45) is 0 Å². The van der Waals surface area contributed by atoms with E-state index < -0.39 is 31.5 Å². The fourth-order valence-electron chi connectivity index (χ4n) is 3.84. The molecular weight excluding hydrogens is 609 g/mol. The van der Waals surface area contributed by atoms with E-state index in [1.54, 1.807) is 6.07 Å². The van der Waals surface area contributed by atoms with Gasteiger partial charge in [0.05, 0.1) is 50.8 Å². The van der Waals surface area contributed by atoms with Crippen LogP contribution in [0.25, 0.3) is 0 Å². The number of morpholine rings is 1. The summed E-state index contributed by atoms with van der Waals surface area (Å²) in [5.74, 6) is -1.04. The third kappa shape index (κ3) is 7.56. The molecule has 208 valence electrons. The molecule has 2 N–H and O–H groups in total. The van der Waals surface area contributed by atoms with E-state index in [2.05, 4.69) is 10.0 Å². The van der Waals surface area contributed by atoms with Crippen molar-refractivity contribution < 1.29 is 26.4 Å². The summed E-state index contributed by atoms with van der Waals surface area (Å²) in [6.07, 6.45) is -0.346. The molecule has 0 aromatic heterocycles. The number of carbonyl (C=O) groups excluding carboxylic acids is 1. The second-order valence-corrected chi connectivity index (χ2v) is 13.7. The summed E-state index contributed by atoms with van der Waals surface area (Å²) in [4.78, 5) is 14.7. The van der Waals surface area contributed by atoms with Crippen molar-refractivity contribution in [3.63, 3.8) is 0 Å². The van der Waals surface area contributed by atoms with Gasteiger partial charge in [-0.2, -0.15) is 0 Å². The van der Waals surface area contributed by atoms with Gasteiger partial charge in [-0.3, -0.25) is 9.52 Å². The topological polar surface area (TPSA) is 122 Å². The number of benzene rings is 3. The number of hydrogen-bond donors (Lipinski definition) is 2. The average Bonchev–Trinajstić information content (AvgIpc) is 2.90. The van der Waals surface area contributed by atoms with Crippen molar-refractivity contribution in [2.45, 2.75) is 16.2 Å². The third-order valence-electron chi connectivity index (χ3n) is 5.85. The first-order valence-electron chi connectivity index (χ1n) is 11.7. The van der Waals surface area contributed by atoms with Crippen LogP contribution in [0, 0.1) is 0 Å². The van der Waals surface area contributed by atoms with E-state index in [-0.39, 0.29) is 32.6 Å². The van der Waals surface area contributed by atoms with Crippen molar-refractivity contribution in [1.29, 1.82) is 0 Å². The maximum absolute atomic E-state index is 13.2. The quantitative estimate of drug-likeness (QED) is 0.337. The number of amides is 1. The minimum absolute atomic E-state index is 0.0487. The van der Waals surface area contributed by atoms with Crippen molar-refractivity contribution in [1.82, 2.24) is 0 Å². The molecule has 0 bridgehead atoms. The first-order valence-corrected chi connectivity index (χ1v) is 15.9. The Hall–Kier alpha value is -2.54. The standard InChI is InChI=1S/C25H24Cl3N3O6S2/c26-17-1-4-19(5-2-17)38(33,34)14-9-25(32)29-23-16-20(6-8-24(23)31-10-12-37-13-11-31)39(35,36)30-22-15-18(27)3-7-21(22)28/h1-8,15-16,30H,9-14H2,(H,29,32). The highest BCUT2D eigenvalue weighted by molar-refractivity contribution is 7.92. The molecule has 39 heavy (non-hydrogen) atoms. The van der Waals surface area contributed by atoms with Crippen LogP contribution in [0.1, 0.15) is 6.42 Å². The SMILES string of the molecule is O=C(CCS(=O)(=O)c1ccc(Cl)cc1)Nc1cc(S(=O)(=O)Nc2cc(Cl)ccc2Cl)ccc1N1CCOCC1. The smallest absolute Gasteiger partial charge is 0.262 e. The van der Waals surface area contributed by atoms with Crippen molar-refractivity contribution >= 4 is 77.6 Å². The van der Waals surface area contributed by atoms with Gasteiger partial charge in [0.15, 0.2) is 9.84 Å². The average molecular weight is 633 g/mol. The molecule has 1 amide bonds. The molecule has 3 aromatic carbocycles. The number of nitrogens with zero attached hydrogens (tertiary/aromatic N) is 1. The first-order chi connectivity index (χ1) is 18.4. The van der Waals surface area contributed by atoms with Gasteiger partial charge in [0.1, 0.15) is 0 Å². The van der Waals surface area contributed by atoms with E-state index in [1.165, 1.54) is 54.6 Å². The van der Waals surface area contributed by atoms with Crippen molar-refractivity contribution in [2.75, 3.05) is 47.0 Å². The van der Waals surface area contributed by atoms with Crippen LogP contribution >= 0.6 is 34.8 Å². The number of halogens is 3. The Labute approximate surface area is 242 Å². The summed E-state index contributed by atoms with van der Waals surface area (Å²) in [5, 5.41) is 3.53. The highest BCUT2D eigenvalue weighted by atomic mass is 35.5. The molecule has 1 saturated heterocycles. The van der Waals surface area contributed by atoms with Crippen LogP contribution in [0.15, 0.2) is 70.5 Å². The number of nitrogens with one attached hydrogen (secondary N) is 2. The van der Waals surface area contributed by atoms with E-state index in [0.29, 0.717) is 42.0 Å². The minimum Gasteiger partial charge on any atom is -0.378 e. The second-order valence-electron chi connectivity index (χ2n) is 8.58. The van der Waals surface area contributed by atoms with E-state index >= 15 is 0 Å². The Balaban J connectivity index is 1.58. The molecule has 1 aliphatic heterocycles. The normalized spacial score (nSPS) is 14.2. The summed E-state index contributed by atoms with van der Waals surface area (Å²) < 4.78 is 59.5. The predicted octanol–water partition coefficient (Wildman–Crippen LogP) is 5.09. The van der Waals surface area contributed by atoms with Gasteiger partial charge in [-0.1, -0.05) is 34.8 Å². The molecule has 9 nitrogen and oxygen atoms in total. The molecular formula is C25H24Cl3N3O6S2.